The molecule has 0 aliphatic heterocycles. The number of rotatable bonds is 5. The third kappa shape index (κ3) is 3.96. The van der Waals surface area contributed by atoms with Crippen LogP contribution in [0.2, 0.25) is 0 Å². The van der Waals surface area contributed by atoms with Gasteiger partial charge >= 0.3 is 0 Å². The summed E-state index contributed by atoms with van der Waals surface area (Å²) in [5.41, 5.74) is 5.27. The molecule has 2 aromatic carbocycles. The molecule has 0 saturated heterocycles. The molecule has 0 aliphatic carbocycles. The smallest absolute Gasteiger partial charge is 0.222 e. The van der Waals surface area contributed by atoms with Gasteiger partial charge in [-0.1, -0.05) is 12.1 Å². The number of amides is 1. The highest BCUT2D eigenvalue weighted by Crippen LogP contribution is 2.29. The number of ether oxygens (including phenoxy) is 1. The maximum absolute atomic E-state index is 11.2. The number of anilines is 3. The Bertz CT molecular complexity index is 1250. The van der Waals surface area contributed by atoms with Crippen molar-refractivity contribution in [2.24, 2.45) is 7.05 Å². The first-order valence-electron chi connectivity index (χ1n) is 9.62. The molecule has 0 spiro atoms. The SMILES string of the molecule is CC(=O)Nc1cc(Oc2ccc3c(c2)nc(Nc2cccc(C)c2C)n3C)ccn1. The summed E-state index contributed by atoms with van der Waals surface area (Å²) in [7, 11) is 1.98. The van der Waals surface area contributed by atoms with E-state index < -0.39 is 0 Å². The van der Waals surface area contributed by atoms with Gasteiger partial charge in [0.15, 0.2) is 0 Å². The van der Waals surface area contributed by atoms with Crippen LogP contribution in [0.15, 0.2) is 54.7 Å². The Kier molecular flexibility index (Phi) is 5.10. The fourth-order valence-corrected chi connectivity index (χ4v) is 3.22. The number of carbonyl (C=O) groups is 1. The molecule has 7 heteroatoms. The van der Waals surface area contributed by atoms with E-state index in [0.29, 0.717) is 17.3 Å². The topological polar surface area (TPSA) is 81.1 Å². The van der Waals surface area contributed by atoms with Crippen molar-refractivity contribution in [1.29, 1.82) is 0 Å². The summed E-state index contributed by atoms with van der Waals surface area (Å²) in [6.45, 7) is 5.62. The number of benzene rings is 2. The quantitative estimate of drug-likeness (QED) is 0.487. The molecule has 1 amide bonds. The molecule has 0 saturated carbocycles. The van der Waals surface area contributed by atoms with E-state index in [1.54, 1.807) is 18.3 Å². The second-order valence-electron chi connectivity index (χ2n) is 7.18. The predicted molar refractivity (Wildman–Crippen MR) is 119 cm³/mol. The molecule has 0 atom stereocenters. The van der Waals surface area contributed by atoms with Gasteiger partial charge in [-0.3, -0.25) is 4.79 Å². The Hall–Kier alpha value is -3.87. The molecule has 4 aromatic rings. The third-order valence-electron chi connectivity index (χ3n) is 4.97. The first-order valence-corrected chi connectivity index (χ1v) is 9.62. The van der Waals surface area contributed by atoms with Crippen LogP contribution < -0.4 is 15.4 Å². The van der Waals surface area contributed by atoms with Crippen LogP contribution in [0.5, 0.6) is 11.5 Å². The van der Waals surface area contributed by atoms with E-state index in [2.05, 4.69) is 35.5 Å². The Morgan fingerprint density at radius 3 is 2.67 bits per heavy atom. The lowest BCUT2D eigenvalue weighted by molar-refractivity contribution is -0.114. The molecule has 2 N–H and O–H groups in total. The van der Waals surface area contributed by atoms with Crippen molar-refractivity contribution in [2.75, 3.05) is 10.6 Å². The van der Waals surface area contributed by atoms with Gasteiger partial charge in [-0.05, 0) is 49.2 Å². The number of aryl methyl sites for hydroxylation is 2. The average Bonchev–Trinajstić information content (AvgIpc) is 3.00. The molecular formula is C23H23N5O2. The van der Waals surface area contributed by atoms with Gasteiger partial charge in [-0.2, -0.15) is 0 Å². The standard InChI is InChI=1S/C23H23N5O2/c1-14-6-5-7-19(15(14)2)26-23-27-20-12-17(8-9-21(20)28(23)4)30-18-10-11-24-22(13-18)25-16(3)29/h5-13H,1-4H3,(H,26,27)(H,24,25,29). The number of carbonyl (C=O) groups excluding carboxylic acids is 1. The molecule has 7 nitrogen and oxygen atoms in total. The van der Waals surface area contributed by atoms with E-state index in [9.17, 15) is 4.79 Å². The summed E-state index contributed by atoms with van der Waals surface area (Å²) in [6, 6.07) is 15.3. The molecule has 2 heterocycles. The van der Waals surface area contributed by atoms with Gasteiger partial charge in [0, 0.05) is 38.0 Å². The van der Waals surface area contributed by atoms with Gasteiger partial charge in [0.2, 0.25) is 11.9 Å². The van der Waals surface area contributed by atoms with Crippen molar-refractivity contribution in [3.63, 3.8) is 0 Å². The van der Waals surface area contributed by atoms with E-state index in [-0.39, 0.29) is 5.91 Å². The minimum atomic E-state index is -0.182. The molecule has 4 rings (SSSR count). The van der Waals surface area contributed by atoms with Gasteiger partial charge in [-0.15, -0.1) is 0 Å². The van der Waals surface area contributed by atoms with Crippen molar-refractivity contribution in [2.45, 2.75) is 20.8 Å². The Labute approximate surface area is 174 Å². The van der Waals surface area contributed by atoms with Crippen LogP contribution in [0, 0.1) is 13.8 Å². The molecule has 2 aromatic heterocycles. The normalized spacial score (nSPS) is 10.8. The van der Waals surface area contributed by atoms with Crippen molar-refractivity contribution in [3.8, 4) is 11.5 Å². The summed E-state index contributed by atoms with van der Waals surface area (Å²) in [6.07, 6.45) is 1.59. The average molecular weight is 401 g/mol. The van der Waals surface area contributed by atoms with Crippen LogP contribution in [-0.2, 0) is 11.8 Å². The fraction of sp³-hybridized carbons (Fsp3) is 0.174. The van der Waals surface area contributed by atoms with Crippen LogP contribution in [0.1, 0.15) is 18.1 Å². The number of hydrogen-bond donors (Lipinski definition) is 2. The molecular weight excluding hydrogens is 378 g/mol. The van der Waals surface area contributed by atoms with E-state index in [4.69, 9.17) is 9.72 Å². The van der Waals surface area contributed by atoms with Gasteiger partial charge in [0.1, 0.15) is 17.3 Å². The Balaban J connectivity index is 1.61. The Morgan fingerprint density at radius 1 is 1.07 bits per heavy atom. The lowest BCUT2D eigenvalue weighted by Crippen LogP contribution is -2.07. The third-order valence-corrected chi connectivity index (χ3v) is 4.97. The molecule has 0 radical (unpaired) electrons. The van der Waals surface area contributed by atoms with Gasteiger partial charge in [0.05, 0.1) is 11.0 Å². The minimum absolute atomic E-state index is 0.182. The van der Waals surface area contributed by atoms with Gasteiger partial charge in [0.25, 0.3) is 0 Å². The van der Waals surface area contributed by atoms with E-state index >= 15 is 0 Å². The summed E-state index contributed by atoms with van der Waals surface area (Å²) in [4.78, 5) is 20.1. The van der Waals surface area contributed by atoms with E-state index in [0.717, 1.165) is 22.7 Å². The summed E-state index contributed by atoms with van der Waals surface area (Å²) < 4.78 is 7.97. The van der Waals surface area contributed by atoms with Crippen molar-refractivity contribution in [1.82, 2.24) is 14.5 Å². The second-order valence-corrected chi connectivity index (χ2v) is 7.18. The zero-order chi connectivity index (χ0) is 21.3. The van der Waals surface area contributed by atoms with Gasteiger partial charge < -0.3 is 19.9 Å². The molecule has 30 heavy (non-hydrogen) atoms. The Morgan fingerprint density at radius 2 is 1.87 bits per heavy atom. The van der Waals surface area contributed by atoms with E-state index in [1.165, 1.54) is 18.1 Å². The molecule has 0 bridgehead atoms. The summed E-state index contributed by atoms with van der Waals surface area (Å²) in [5.74, 6) is 2.25. The minimum Gasteiger partial charge on any atom is -0.457 e. The van der Waals surface area contributed by atoms with Crippen molar-refractivity contribution in [3.05, 3.63) is 65.9 Å². The number of pyridine rings is 1. The summed E-state index contributed by atoms with van der Waals surface area (Å²) in [5, 5.41) is 6.08. The number of nitrogens with zero attached hydrogens (tertiary/aromatic N) is 3. The number of imidazole rings is 1. The number of aromatic nitrogens is 3. The highest BCUT2D eigenvalue weighted by atomic mass is 16.5. The van der Waals surface area contributed by atoms with Crippen LogP contribution in [-0.4, -0.2) is 20.4 Å². The number of hydrogen-bond acceptors (Lipinski definition) is 5. The predicted octanol–water partition coefficient (Wildman–Crippen LogP) is 5.08. The van der Waals surface area contributed by atoms with E-state index in [1.807, 2.05) is 41.9 Å². The maximum Gasteiger partial charge on any atom is 0.222 e. The molecule has 0 unspecified atom stereocenters. The number of fused-ring (bicyclic) bond motifs is 1. The lowest BCUT2D eigenvalue weighted by atomic mass is 10.1. The zero-order valence-corrected chi connectivity index (χ0v) is 17.4. The zero-order valence-electron chi connectivity index (χ0n) is 17.4. The summed E-state index contributed by atoms with van der Waals surface area (Å²) >= 11 is 0. The highest BCUT2D eigenvalue weighted by Gasteiger charge is 2.11. The van der Waals surface area contributed by atoms with Crippen LogP contribution in [0.25, 0.3) is 11.0 Å². The monoisotopic (exact) mass is 401 g/mol. The largest absolute Gasteiger partial charge is 0.457 e. The fourth-order valence-electron chi connectivity index (χ4n) is 3.22. The maximum atomic E-state index is 11.2. The molecule has 0 aliphatic rings. The number of nitrogens with one attached hydrogen (secondary N) is 2. The molecule has 0 fully saturated rings. The molecule has 152 valence electrons. The van der Waals surface area contributed by atoms with Crippen molar-refractivity contribution >= 4 is 34.4 Å². The van der Waals surface area contributed by atoms with Crippen molar-refractivity contribution < 1.29 is 9.53 Å². The van der Waals surface area contributed by atoms with Gasteiger partial charge in [-0.25, -0.2) is 9.97 Å². The van der Waals surface area contributed by atoms with Crippen LogP contribution >= 0.6 is 0 Å². The lowest BCUT2D eigenvalue weighted by Gasteiger charge is -2.11. The highest BCUT2D eigenvalue weighted by molar-refractivity contribution is 5.87. The first-order chi connectivity index (χ1) is 14.4. The van der Waals surface area contributed by atoms with Crippen LogP contribution in [0.3, 0.4) is 0 Å². The second kappa shape index (κ2) is 7.87. The van der Waals surface area contributed by atoms with Crippen LogP contribution in [0.4, 0.5) is 17.5 Å². The first kappa shape index (κ1) is 19.4.